The van der Waals surface area contributed by atoms with Gasteiger partial charge in [0.25, 0.3) is 0 Å². The standard InChI is InChI=1S/C16H18FN5O/c17-13-2-1-5-18-15(13)22-8-11-6-12(22)7-21(11)9-14-19-20-16(23-14)10-3-4-10/h1-2,5,10-12H,3-4,6-9H2. The molecule has 0 spiro atoms. The van der Waals surface area contributed by atoms with Gasteiger partial charge < -0.3 is 9.32 Å². The van der Waals surface area contributed by atoms with E-state index in [9.17, 15) is 4.39 Å². The molecule has 4 heterocycles. The number of nitrogens with zero attached hydrogens (tertiary/aromatic N) is 5. The molecule has 0 amide bonds. The maximum atomic E-state index is 13.9. The summed E-state index contributed by atoms with van der Waals surface area (Å²) in [7, 11) is 0. The van der Waals surface area contributed by atoms with Gasteiger partial charge in [0.2, 0.25) is 11.8 Å². The highest BCUT2D eigenvalue weighted by atomic mass is 19.1. The third kappa shape index (κ3) is 2.30. The normalized spacial score (nSPS) is 27.1. The highest BCUT2D eigenvalue weighted by Crippen LogP contribution is 2.39. The molecule has 3 aliphatic rings. The first-order valence-electron chi connectivity index (χ1n) is 8.21. The van der Waals surface area contributed by atoms with Crippen molar-refractivity contribution in [2.24, 2.45) is 0 Å². The minimum absolute atomic E-state index is 0.238. The van der Waals surface area contributed by atoms with E-state index >= 15 is 0 Å². The van der Waals surface area contributed by atoms with E-state index in [-0.39, 0.29) is 5.82 Å². The summed E-state index contributed by atoms with van der Waals surface area (Å²) in [6.45, 7) is 2.39. The van der Waals surface area contributed by atoms with Gasteiger partial charge in [0.15, 0.2) is 11.6 Å². The second kappa shape index (κ2) is 4.99. The van der Waals surface area contributed by atoms with Gasteiger partial charge in [0, 0.05) is 37.3 Å². The number of halogens is 1. The lowest BCUT2D eigenvalue weighted by atomic mass is 10.2. The number of aromatic nitrogens is 3. The van der Waals surface area contributed by atoms with Crippen molar-refractivity contribution in [3.05, 3.63) is 35.9 Å². The SMILES string of the molecule is Fc1cccnc1N1CC2CC1CN2Cc1nnc(C2CC2)o1. The Balaban J connectivity index is 1.27. The summed E-state index contributed by atoms with van der Waals surface area (Å²) < 4.78 is 19.7. The maximum absolute atomic E-state index is 13.9. The van der Waals surface area contributed by atoms with Crippen molar-refractivity contribution in [1.29, 1.82) is 0 Å². The van der Waals surface area contributed by atoms with Gasteiger partial charge in [-0.3, -0.25) is 4.90 Å². The molecule has 2 atom stereocenters. The van der Waals surface area contributed by atoms with E-state index in [4.69, 9.17) is 4.42 Å². The van der Waals surface area contributed by atoms with Crippen molar-refractivity contribution in [2.45, 2.75) is 43.8 Å². The summed E-state index contributed by atoms with van der Waals surface area (Å²) in [6.07, 6.45) is 5.03. The van der Waals surface area contributed by atoms with Crippen LogP contribution in [0, 0.1) is 5.82 Å². The number of likely N-dealkylation sites (tertiary alicyclic amines) is 1. The summed E-state index contributed by atoms with van der Waals surface area (Å²) in [5.41, 5.74) is 0. The van der Waals surface area contributed by atoms with Crippen LogP contribution in [-0.2, 0) is 6.54 Å². The van der Waals surface area contributed by atoms with Crippen LogP contribution < -0.4 is 4.90 Å². The first-order valence-corrected chi connectivity index (χ1v) is 8.21. The van der Waals surface area contributed by atoms with Crippen molar-refractivity contribution in [3.8, 4) is 0 Å². The lowest BCUT2D eigenvalue weighted by Gasteiger charge is -2.34. The molecule has 2 aliphatic heterocycles. The Morgan fingerprint density at radius 3 is 2.87 bits per heavy atom. The average Bonchev–Trinajstić information content (AvgIpc) is 3.00. The van der Waals surface area contributed by atoms with Crippen molar-refractivity contribution >= 4 is 5.82 Å². The van der Waals surface area contributed by atoms with Crippen LogP contribution in [0.1, 0.15) is 37.0 Å². The Morgan fingerprint density at radius 1 is 1.22 bits per heavy atom. The summed E-state index contributed by atoms with van der Waals surface area (Å²) in [6, 6.07) is 3.82. The zero-order valence-corrected chi connectivity index (χ0v) is 12.7. The van der Waals surface area contributed by atoms with Crippen LogP contribution >= 0.6 is 0 Å². The van der Waals surface area contributed by atoms with Crippen molar-refractivity contribution in [1.82, 2.24) is 20.1 Å². The Hall–Kier alpha value is -2.02. The number of pyridine rings is 1. The van der Waals surface area contributed by atoms with Crippen LogP contribution in [0.25, 0.3) is 0 Å². The molecule has 2 aromatic heterocycles. The fourth-order valence-corrected chi connectivity index (χ4v) is 3.79. The van der Waals surface area contributed by atoms with E-state index in [0.717, 1.165) is 25.4 Å². The van der Waals surface area contributed by atoms with Gasteiger partial charge >= 0.3 is 0 Å². The summed E-state index contributed by atoms with van der Waals surface area (Å²) >= 11 is 0. The third-order valence-corrected chi connectivity index (χ3v) is 5.11. The van der Waals surface area contributed by atoms with E-state index in [1.165, 1.54) is 18.9 Å². The van der Waals surface area contributed by atoms with E-state index in [1.807, 2.05) is 0 Å². The highest BCUT2D eigenvalue weighted by Gasteiger charge is 2.44. The fraction of sp³-hybridized carbons (Fsp3) is 0.562. The predicted molar refractivity (Wildman–Crippen MR) is 80.4 cm³/mol. The zero-order chi connectivity index (χ0) is 15.4. The quantitative estimate of drug-likeness (QED) is 0.859. The second-order valence-electron chi connectivity index (χ2n) is 6.74. The highest BCUT2D eigenvalue weighted by molar-refractivity contribution is 5.44. The summed E-state index contributed by atoms with van der Waals surface area (Å²) in [4.78, 5) is 8.67. The predicted octanol–water partition coefficient (Wildman–Crippen LogP) is 1.94. The number of anilines is 1. The van der Waals surface area contributed by atoms with E-state index < -0.39 is 0 Å². The molecule has 2 bridgehead atoms. The van der Waals surface area contributed by atoms with Gasteiger partial charge in [-0.1, -0.05) is 0 Å². The van der Waals surface area contributed by atoms with Gasteiger partial charge in [-0.25, -0.2) is 9.37 Å². The number of fused-ring (bicyclic) bond motifs is 2. The summed E-state index contributed by atoms with van der Waals surface area (Å²) in [5.74, 6) is 2.23. The largest absolute Gasteiger partial charge is 0.424 e. The van der Waals surface area contributed by atoms with Gasteiger partial charge in [0.05, 0.1) is 6.54 Å². The molecule has 2 saturated heterocycles. The van der Waals surface area contributed by atoms with E-state index in [0.29, 0.717) is 36.3 Å². The molecule has 1 saturated carbocycles. The molecule has 2 aromatic rings. The Labute approximate surface area is 133 Å². The molecule has 23 heavy (non-hydrogen) atoms. The molecule has 0 radical (unpaired) electrons. The van der Waals surface area contributed by atoms with Crippen LogP contribution in [0.3, 0.4) is 0 Å². The van der Waals surface area contributed by atoms with Crippen LogP contribution in [0.15, 0.2) is 22.7 Å². The molecular weight excluding hydrogens is 297 g/mol. The second-order valence-corrected chi connectivity index (χ2v) is 6.74. The Bertz CT molecular complexity index is 731. The molecule has 120 valence electrons. The number of hydrogen-bond donors (Lipinski definition) is 0. The molecule has 0 aromatic carbocycles. The van der Waals surface area contributed by atoms with Gasteiger partial charge in [0.1, 0.15) is 0 Å². The summed E-state index contributed by atoms with van der Waals surface area (Å²) in [5, 5.41) is 8.31. The lowest BCUT2D eigenvalue weighted by molar-refractivity contribution is 0.206. The van der Waals surface area contributed by atoms with Crippen LogP contribution in [0.4, 0.5) is 10.2 Å². The molecule has 1 aliphatic carbocycles. The number of piperazine rings is 1. The molecule has 0 N–H and O–H groups in total. The fourth-order valence-electron chi connectivity index (χ4n) is 3.79. The smallest absolute Gasteiger partial charge is 0.230 e. The first-order chi connectivity index (χ1) is 11.3. The monoisotopic (exact) mass is 315 g/mol. The molecule has 3 fully saturated rings. The Kier molecular flexibility index (Phi) is 2.91. The maximum Gasteiger partial charge on any atom is 0.230 e. The van der Waals surface area contributed by atoms with Crippen LogP contribution in [0.2, 0.25) is 0 Å². The van der Waals surface area contributed by atoms with Crippen LogP contribution in [0.5, 0.6) is 0 Å². The average molecular weight is 315 g/mol. The topological polar surface area (TPSA) is 58.3 Å². The van der Waals surface area contributed by atoms with Gasteiger partial charge in [-0.15, -0.1) is 10.2 Å². The molecule has 6 nitrogen and oxygen atoms in total. The molecule has 2 unspecified atom stereocenters. The van der Waals surface area contributed by atoms with Crippen LogP contribution in [-0.4, -0.2) is 45.3 Å². The third-order valence-electron chi connectivity index (χ3n) is 5.11. The minimum Gasteiger partial charge on any atom is -0.424 e. The molecular formula is C16H18FN5O. The van der Waals surface area contributed by atoms with E-state index in [2.05, 4.69) is 25.0 Å². The van der Waals surface area contributed by atoms with Gasteiger partial charge in [-0.05, 0) is 31.4 Å². The zero-order valence-electron chi connectivity index (χ0n) is 12.7. The van der Waals surface area contributed by atoms with E-state index in [1.54, 1.807) is 12.3 Å². The van der Waals surface area contributed by atoms with Crippen molar-refractivity contribution < 1.29 is 8.81 Å². The lowest BCUT2D eigenvalue weighted by Crippen LogP contribution is -2.46. The molecule has 5 rings (SSSR count). The minimum atomic E-state index is -0.238. The number of hydrogen-bond acceptors (Lipinski definition) is 6. The van der Waals surface area contributed by atoms with Gasteiger partial charge in [-0.2, -0.15) is 0 Å². The van der Waals surface area contributed by atoms with Crippen molar-refractivity contribution in [3.63, 3.8) is 0 Å². The Morgan fingerprint density at radius 2 is 2.13 bits per heavy atom. The number of rotatable bonds is 4. The van der Waals surface area contributed by atoms with Crippen molar-refractivity contribution in [2.75, 3.05) is 18.0 Å². The molecule has 7 heteroatoms. The first kappa shape index (κ1) is 13.4.